The van der Waals surface area contributed by atoms with Crippen LogP contribution in [0.1, 0.15) is 68.2 Å². The number of carbonyl (C=O) groups is 2. The quantitative estimate of drug-likeness (QED) is 0.320. The fraction of sp³-hybridized carbons (Fsp3) is 0.939. The normalized spacial score (nSPS) is 39.0. The van der Waals surface area contributed by atoms with E-state index in [1.54, 1.807) is 27.9 Å². The van der Waals surface area contributed by atoms with Crippen molar-refractivity contribution in [2.24, 2.45) is 17.3 Å². The molecule has 0 unspecified atom stereocenters. The Morgan fingerprint density at radius 1 is 1.09 bits per heavy atom. The third-order valence-electron chi connectivity index (χ3n) is 10.2. The first-order valence-corrected chi connectivity index (χ1v) is 16.6. The van der Waals surface area contributed by atoms with Gasteiger partial charge in [0.2, 0.25) is 0 Å². The molecule has 3 rings (SSSR count). The number of methoxy groups -OCH3 is 1. The first kappa shape index (κ1) is 37.3. The van der Waals surface area contributed by atoms with Crippen molar-refractivity contribution in [3.05, 3.63) is 0 Å². The average molecular weight is 627 g/mol. The van der Waals surface area contributed by atoms with Gasteiger partial charge in [0.05, 0.1) is 23.9 Å². The molecule has 0 radical (unpaired) electrons. The van der Waals surface area contributed by atoms with E-state index in [1.165, 1.54) is 0 Å². The first-order chi connectivity index (χ1) is 20.5. The fourth-order valence-corrected chi connectivity index (χ4v) is 7.15. The van der Waals surface area contributed by atoms with Gasteiger partial charge in [0, 0.05) is 57.8 Å². The molecule has 3 aliphatic rings. The summed E-state index contributed by atoms with van der Waals surface area (Å²) in [4.78, 5) is 34.5. The molecule has 0 aromatic heterocycles. The maximum absolute atomic E-state index is 14.1. The number of likely N-dealkylation sites (N-methyl/N-ethyl adjacent to an activating group) is 1. The molecule has 3 aliphatic heterocycles. The summed E-state index contributed by atoms with van der Waals surface area (Å²) in [6.07, 6.45) is -1.58. The molecule has 0 spiro atoms. The molecule has 3 saturated heterocycles. The number of aliphatic hydroxyl groups is 1. The molecule has 0 aromatic rings. The van der Waals surface area contributed by atoms with Gasteiger partial charge in [-0.1, -0.05) is 13.8 Å². The SMILES string of the molecule is CO[C@]1(C)C[C@@H](C)CN[C@@H](CN2CCN(C(C)C)CC2)COC(=O)C(C)(C)C(=O)[C@H](C)[C@H]1O[C@@H]1O[C@H](C)C[C@H](N(C)C)[C@H]1O. The summed E-state index contributed by atoms with van der Waals surface area (Å²) in [7, 11) is 5.48. The standard InChI is InChI=1S/C33H62N4O7/c1-21(2)37-14-12-36(13-15-37)19-25-20-42-31(40)32(6,7)28(39)24(5)29(33(8,41-11)17-22(3)18-34-25)44-30-27(38)26(35(9)10)16-23(4)43-30/h21-27,29-30,34,38H,12-20H2,1-11H3/t22-,23-,24+,25+,26+,27-,29-,30+,33-/m1/s1. The van der Waals surface area contributed by atoms with E-state index in [4.69, 9.17) is 18.9 Å². The van der Waals surface area contributed by atoms with Crippen LogP contribution < -0.4 is 5.32 Å². The number of ketones is 1. The summed E-state index contributed by atoms with van der Waals surface area (Å²) in [5.41, 5.74) is -2.32. The molecule has 0 amide bonds. The number of Topliss-reactive ketones (excluding diaryl/α,β-unsaturated/α-hetero) is 1. The zero-order chi connectivity index (χ0) is 33.0. The van der Waals surface area contributed by atoms with Crippen molar-refractivity contribution in [1.29, 1.82) is 0 Å². The maximum atomic E-state index is 14.1. The van der Waals surface area contributed by atoms with E-state index >= 15 is 0 Å². The zero-order valence-corrected chi connectivity index (χ0v) is 29.3. The van der Waals surface area contributed by atoms with Crippen LogP contribution in [0, 0.1) is 17.3 Å². The molecule has 11 nitrogen and oxygen atoms in total. The van der Waals surface area contributed by atoms with Crippen LogP contribution in [0.4, 0.5) is 0 Å². The molecule has 256 valence electrons. The number of piperazine rings is 1. The number of nitrogens with one attached hydrogen (secondary N) is 1. The summed E-state index contributed by atoms with van der Waals surface area (Å²) in [5, 5.41) is 14.9. The molecule has 3 heterocycles. The molecular formula is C33H62N4O7. The summed E-state index contributed by atoms with van der Waals surface area (Å²) in [5.74, 6) is -1.45. The third-order valence-corrected chi connectivity index (χ3v) is 10.2. The Balaban J connectivity index is 1.87. The van der Waals surface area contributed by atoms with Gasteiger partial charge in [-0.2, -0.15) is 0 Å². The van der Waals surface area contributed by atoms with Crippen LogP contribution in [-0.2, 0) is 28.5 Å². The summed E-state index contributed by atoms with van der Waals surface area (Å²) in [6.45, 7) is 21.1. The number of nitrogens with zero attached hydrogens (tertiary/aromatic N) is 3. The molecule has 0 saturated carbocycles. The summed E-state index contributed by atoms with van der Waals surface area (Å²) in [6, 6.07) is 0.281. The van der Waals surface area contributed by atoms with E-state index in [2.05, 4.69) is 35.9 Å². The minimum Gasteiger partial charge on any atom is -0.463 e. The summed E-state index contributed by atoms with van der Waals surface area (Å²) < 4.78 is 24.8. The summed E-state index contributed by atoms with van der Waals surface area (Å²) >= 11 is 0. The fourth-order valence-electron chi connectivity index (χ4n) is 7.15. The van der Waals surface area contributed by atoms with Crippen LogP contribution in [0.5, 0.6) is 0 Å². The Kier molecular flexibility index (Phi) is 13.2. The Bertz CT molecular complexity index is 941. The van der Waals surface area contributed by atoms with Crippen molar-refractivity contribution in [3.63, 3.8) is 0 Å². The molecule has 0 bridgehead atoms. The van der Waals surface area contributed by atoms with Crippen LogP contribution >= 0.6 is 0 Å². The van der Waals surface area contributed by atoms with Crippen molar-refractivity contribution >= 4 is 11.8 Å². The highest BCUT2D eigenvalue weighted by Crippen LogP contribution is 2.38. The molecule has 11 heteroatoms. The van der Waals surface area contributed by atoms with Crippen molar-refractivity contribution in [3.8, 4) is 0 Å². The van der Waals surface area contributed by atoms with Gasteiger partial charge in [0.1, 0.15) is 18.1 Å². The van der Waals surface area contributed by atoms with E-state index in [-0.39, 0.29) is 36.5 Å². The third kappa shape index (κ3) is 9.00. The first-order valence-electron chi connectivity index (χ1n) is 16.6. The lowest BCUT2D eigenvalue weighted by Crippen LogP contribution is -2.59. The van der Waals surface area contributed by atoms with E-state index in [0.29, 0.717) is 25.4 Å². The Morgan fingerprint density at radius 2 is 1.73 bits per heavy atom. The zero-order valence-electron chi connectivity index (χ0n) is 29.3. The number of rotatable bonds is 7. The lowest BCUT2D eigenvalue weighted by Gasteiger charge is -2.47. The maximum Gasteiger partial charge on any atom is 0.319 e. The molecular weight excluding hydrogens is 564 g/mol. The highest BCUT2D eigenvalue weighted by Gasteiger charge is 2.51. The van der Waals surface area contributed by atoms with Crippen molar-refractivity contribution in [1.82, 2.24) is 20.0 Å². The van der Waals surface area contributed by atoms with Crippen LogP contribution in [0.15, 0.2) is 0 Å². The van der Waals surface area contributed by atoms with Crippen LogP contribution in [0.2, 0.25) is 0 Å². The second-order valence-corrected chi connectivity index (χ2v) is 14.9. The van der Waals surface area contributed by atoms with E-state index in [1.807, 2.05) is 32.8 Å². The molecule has 9 atom stereocenters. The second kappa shape index (κ2) is 15.6. The second-order valence-electron chi connectivity index (χ2n) is 14.9. The van der Waals surface area contributed by atoms with Crippen molar-refractivity contribution < 1.29 is 33.6 Å². The van der Waals surface area contributed by atoms with Crippen LogP contribution in [0.25, 0.3) is 0 Å². The van der Waals surface area contributed by atoms with Gasteiger partial charge < -0.3 is 34.3 Å². The number of cyclic esters (lactones) is 1. The van der Waals surface area contributed by atoms with Gasteiger partial charge in [0.15, 0.2) is 12.1 Å². The van der Waals surface area contributed by atoms with Gasteiger partial charge in [-0.25, -0.2) is 0 Å². The predicted molar refractivity (Wildman–Crippen MR) is 170 cm³/mol. The topological polar surface area (TPSA) is 113 Å². The largest absolute Gasteiger partial charge is 0.463 e. The van der Waals surface area contributed by atoms with Gasteiger partial charge in [0.25, 0.3) is 0 Å². The molecule has 3 fully saturated rings. The minimum atomic E-state index is -1.41. The number of carbonyl (C=O) groups excluding carboxylic acids is 2. The minimum absolute atomic E-state index is 0.0767. The average Bonchev–Trinajstić information content (AvgIpc) is 2.97. The molecule has 2 N–H and O–H groups in total. The lowest BCUT2D eigenvalue weighted by molar-refractivity contribution is -0.295. The molecule has 0 aromatic carbocycles. The highest BCUT2D eigenvalue weighted by molar-refractivity contribution is 6.04. The number of aliphatic hydroxyl groups excluding tert-OH is 1. The van der Waals surface area contributed by atoms with Gasteiger partial charge >= 0.3 is 5.97 Å². The van der Waals surface area contributed by atoms with Gasteiger partial charge in [-0.05, 0) is 80.9 Å². The Labute approximate surface area is 266 Å². The number of hydrogen-bond donors (Lipinski definition) is 2. The van der Waals surface area contributed by atoms with E-state index < -0.39 is 41.4 Å². The lowest BCUT2D eigenvalue weighted by atomic mass is 9.74. The number of ether oxygens (including phenoxy) is 4. The Hall–Kier alpha value is -1.18. The number of esters is 1. The van der Waals surface area contributed by atoms with E-state index in [0.717, 1.165) is 32.7 Å². The predicted octanol–water partition coefficient (Wildman–Crippen LogP) is 2.00. The highest BCUT2D eigenvalue weighted by atomic mass is 16.7. The molecule has 44 heavy (non-hydrogen) atoms. The smallest absolute Gasteiger partial charge is 0.319 e. The monoisotopic (exact) mass is 626 g/mol. The number of hydrogen-bond acceptors (Lipinski definition) is 11. The van der Waals surface area contributed by atoms with Crippen molar-refractivity contribution in [2.75, 3.05) is 67.1 Å². The van der Waals surface area contributed by atoms with Crippen molar-refractivity contribution in [2.45, 2.75) is 117 Å². The van der Waals surface area contributed by atoms with Crippen LogP contribution in [0.3, 0.4) is 0 Å². The Morgan fingerprint density at radius 3 is 2.30 bits per heavy atom. The molecule has 0 aliphatic carbocycles. The van der Waals surface area contributed by atoms with Gasteiger partial charge in [-0.3, -0.25) is 19.4 Å². The van der Waals surface area contributed by atoms with Gasteiger partial charge in [-0.15, -0.1) is 0 Å². The van der Waals surface area contributed by atoms with E-state index in [9.17, 15) is 14.7 Å². The van der Waals surface area contributed by atoms with Crippen LogP contribution in [-0.4, -0.2) is 147 Å².